The molecular weight excluding hydrogens is 360 g/mol. The summed E-state index contributed by atoms with van der Waals surface area (Å²) in [7, 11) is -3.76. The Balaban J connectivity index is 2.16. The van der Waals surface area contributed by atoms with E-state index in [0.717, 1.165) is 21.1 Å². The van der Waals surface area contributed by atoms with Gasteiger partial charge in [0.1, 0.15) is 4.21 Å². The Labute approximate surface area is 143 Å². The predicted octanol–water partition coefficient (Wildman–Crippen LogP) is 0.836. The molecule has 0 radical (unpaired) electrons. The van der Waals surface area contributed by atoms with Gasteiger partial charge in [0, 0.05) is 31.0 Å². The molecule has 1 amide bonds. The highest BCUT2D eigenvalue weighted by atomic mass is 32.3. The van der Waals surface area contributed by atoms with Gasteiger partial charge in [0.15, 0.2) is 0 Å². The standard InChI is InChI=1S/C13H20N2O5S3/c1-8(17)15-11-5-9(7-20-4-2-3-16)21-13-10(11)6-12(22-13)23(14,18)19/h6,9,11,16H,2-5,7H2,1H3,(H,15,17)(H2,14,18,19). The number of carbonyl (C=O) groups excluding carboxylic acids is 1. The van der Waals surface area contributed by atoms with Crippen LogP contribution in [0.4, 0.5) is 0 Å². The van der Waals surface area contributed by atoms with Gasteiger partial charge in [0.2, 0.25) is 15.9 Å². The molecule has 1 aromatic rings. The third-order valence-corrected chi connectivity index (χ3v) is 7.27. The van der Waals surface area contributed by atoms with Crippen LogP contribution in [0.15, 0.2) is 14.5 Å². The summed E-state index contributed by atoms with van der Waals surface area (Å²) in [5.74, 6) is -0.170. The number of carbonyl (C=O) groups is 1. The molecule has 0 aliphatic carbocycles. The van der Waals surface area contributed by atoms with Crippen molar-refractivity contribution in [1.82, 2.24) is 5.32 Å². The lowest BCUT2D eigenvalue weighted by Crippen LogP contribution is -2.32. The van der Waals surface area contributed by atoms with Crippen LogP contribution in [0, 0.1) is 0 Å². The molecule has 7 nitrogen and oxygen atoms in total. The van der Waals surface area contributed by atoms with Gasteiger partial charge in [0.25, 0.3) is 0 Å². The van der Waals surface area contributed by atoms with Gasteiger partial charge in [-0.15, -0.1) is 23.1 Å². The number of amides is 1. The summed E-state index contributed by atoms with van der Waals surface area (Å²) in [5, 5.41) is 16.9. The number of thioether (sulfide) groups is 1. The number of primary sulfonamides is 1. The van der Waals surface area contributed by atoms with Gasteiger partial charge in [-0.05, 0) is 18.9 Å². The second-order valence-electron chi connectivity index (χ2n) is 5.23. The minimum absolute atomic E-state index is 0.0825. The van der Waals surface area contributed by atoms with E-state index in [0.29, 0.717) is 26.1 Å². The Kier molecular flexibility index (Phi) is 6.46. The van der Waals surface area contributed by atoms with E-state index < -0.39 is 10.0 Å². The van der Waals surface area contributed by atoms with Crippen LogP contribution in [0.25, 0.3) is 0 Å². The monoisotopic (exact) mass is 380 g/mol. The summed E-state index contributed by atoms with van der Waals surface area (Å²) in [6.45, 7) is 2.46. The van der Waals surface area contributed by atoms with Crippen molar-refractivity contribution >= 4 is 39.0 Å². The van der Waals surface area contributed by atoms with E-state index in [4.69, 9.17) is 15.0 Å². The lowest BCUT2D eigenvalue weighted by molar-refractivity contribution is -0.119. The highest BCUT2D eigenvalue weighted by Crippen LogP contribution is 2.46. The smallest absolute Gasteiger partial charge is 0.247 e. The van der Waals surface area contributed by atoms with Crippen molar-refractivity contribution in [3.05, 3.63) is 11.6 Å². The van der Waals surface area contributed by atoms with E-state index in [1.165, 1.54) is 6.92 Å². The Morgan fingerprint density at radius 2 is 2.30 bits per heavy atom. The molecule has 0 spiro atoms. The topological polar surface area (TPSA) is 119 Å². The zero-order valence-corrected chi connectivity index (χ0v) is 15.1. The molecule has 1 aliphatic heterocycles. The molecule has 10 heteroatoms. The van der Waals surface area contributed by atoms with Crippen LogP contribution in [-0.2, 0) is 19.6 Å². The molecule has 2 unspecified atom stereocenters. The summed E-state index contributed by atoms with van der Waals surface area (Å²) >= 11 is 2.67. The van der Waals surface area contributed by atoms with Crippen molar-refractivity contribution < 1.29 is 23.1 Å². The van der Waals surface area contributed by atoms with Crippen LogP contribution in [0.1, 0.15) is 31.4 Å². The van der Waals surface area contributed by atoms with E-state index >= 15 is 0 Å². The number of thiophene rings is 1. The Bertz CT molecular complexity index is 659. The zero-order valence-electron chi connectivity index (χ0n) is 12.6. The summed E-state index contributed by atoms with van der Waals surface area (Å²) in [6, 6.07) is 1.30. The average Bonchev–Trinajstić information content (AvgIpc) is 2.87. The molecule has 0 fully saturated rings. The lowest BCUT2D eigenvalue weighted by Gasteiger charge is -2.29. The summed E-state index contributed by atoms with van der Waals surface area (Å²) in [6.07, 6.45) is 1.23. The first kappa shape index (κ1) is 18.7. The molecule has 2 rings (SSSR count). The van der Waals surface area contributed by atoms with Crippen LogP contribution in [0.3, 0.4) is 0 Å². The third kappa shape index (κ3) is 5.16. The van der Waals surface area contributed by atoms with Gasteiger partial charge >= 0.3 is 0 Å². The number of hydrogen-bond donors (Lipinski definition) is 3. The van der Waals surface area contributed by atoms with Gasteiger partial charge in [-0.25, -0.2) is 13.6 Å². The van der Waals surface area contributed by atoms with Crippen molar-refractivity contribution in [3.63, 3.8) is 0 Å². The first-order chi connectivity index (χ1) is 10.8. The fourth-order valence-electron chi connectivity index (χ4n) is 2.30. The highest BCUT2D eigenvalue weighted by Gasteiger charge is 2.32. The maximum Gasteiger partial charge on any atom is 0.247 e. The molecule has 0 saturated heterocycles. The summed E-state index contributed by atoms with van der Waals surface area (Å²) in [5.41, 5.74) is 0.797. The van der Waals surface area contributed by atoms with E-state index in [1.807, 2.05) is 0 Å². The number of sulfonamides is 1. The molecule has 0 saturated carbocycles. The van der Waals surface area contributed by atoms with Crippen molar-refractivity contribution in [3.8, 4) is 0 Å². The van der Waals surface area contributed by atoms with E-state index in [2.05, 4.69) is 5.32 Å². The van der Waals surface area contributed by atoms with Crippen molar-refractivity contribution in [2.24, 2.45) is 5.14 Å². The highest BCUT2D eigenvalue weighted by molar-refractivity contribution is 8.02. The van der Waals surface area contributed by atoms with Crippen LogP contribution in [0.2, 0.25) is 0 Å². The second kappa shape index (κ2) is 7.95. The molecule has 1 aromatic heterocycles. The largest absolute Gasteiger partial charge is 0.396 e. The van der Waals surface area contributed by atoms with E-state index in [9.17, 15) is 13.2 Å². The number of rotatable bonds is 7. The van der Waals surface area contributed by atoms with Gasteiger partial charge in [-0.3, -0.25) is 4.79 Å². The molecule has 23 heavy (non-hydrogen) atoms. The molecule has 1 aliphatic rings. The SMILES string of the molecule is CC(=O)NC1CC(COCCCO)Sc2sc(S(N)(=O)=O)cc21. The normalized spacial score (nSPS) is 21.0. The molecule has 2 atom stereocenters. The first-order valence-corrected chi connectivity index (χ1v) is 10.3. The van der Waals surface area contributed by atoms with Crippen LogP contribution >= 0.6 is 23.1 Å². The van der Waals surface area contributed by atoms with E-state index in [1.54, 1.807) is 17.8 Å². The zero-order chi connectivity index (χ0) is 17.0. The number of aliphatic hydroxyl groups excluding tert-OH is 1. The lowest BCUT2D eigenvalue weighted by atomic mass is 10.0. The second-order valence-corrected chi connectivity index (χ2v) is 9.64. The Morgan fingerprint density at radius 3 is 2.91 bits per heavy atom. The molecular formula is C13H20N2O5S3. The Hall–Kier alpha value is -0.650. The van der Waals surface area contributed by atoms with Crippen LogP contribution < -0.4 is 10.5 Å². The number of hydrogen-bond acceptors (Lipinski definition) is 7. The minimum atomic E-state index is -3.76. The minimum Gasteiger partial charge on any atom is -0.396 e. The van der Waals surface area contributed by atoms with Gasteiger partial charge < -0.3 is 15.2 Å². The number of fused-ring (bicyclic) bond motifs is 1. The van der Waals surface area contributed by atoms with Crippen molar-refractivity contribution in [1.29, 1.82) is 0 Å². The number of nitrogens with two attached hydrogens (primary N) is 1. The number of ether oxygens (including phenoxy) is 1. The fraction of sp³-hybridized carbons (Fsp3) is 0.615. The predicted molar refractivity (Wildman–Crippen MR) is 89.0 cm³/mol. The van der Waals surface area contributed by atoms with Crippen LogP contribution in [0.5, 0.6) is 0 Å². The van der Waals surface area contributed by atoms with Crippen LogP contribution in [-0.4, -0.2) is 44.5 Å². The van der Waals surface area contributed by atoms with Gasteiger partial charge in [-0.2, -0.15) is 0 Å². The quantitative estimate of drug-likeness (QED) is 0.603. The summed E-state index contributed by atoms with van der Waals surface area (Å²) < 4.78 is 29.6. The molecule has 2 heterocycles. The maximum atomic E-state index is 11.5. The van der Waals surface area contributed by atoms with Gasteiger partial charge in [0.05, 0.1) is 16.9 Å². The summed E-state index contributed by atoms with van der Waals surface area (Å²) in [4.78, 5) is 11.4. The average molecular weight is 381 g/mol. The molecule has 0 bridgehead atoms. The third-order valence-electron chi connectivity index (χ3n) is 3.26. The molecule has 130 valence electrons. The fourth-order valence-corrected chi connectivity index (χ4v) is 6.11. The van der Waals surface area contributed by atoms with Gasteiger partial charge in [-0.1, -0.05) is 0 Å². The first-order valence-electron chi connectivity index (χ1n) is 7.10. The molecule has 0 aromatic carbocycles. The number of nitrogens with one attached hydrogen (secondary N) is 1. The Morgan fingerprint density at radius 1 is 1.57 bits per heavy atom. The van der Waals surface area contributed by atoms with Crippen molar-refractivity contribution in [2.45, 2.75) is 39.5 Å². The van der Waals surface area contributed by atoms with E-state index in [-0.39, 0.29) is 28.0 Å². The van der Waals surface area contributed by atoms with Crippen molar-refractivity contribution in [2.75, 3.05) is 19.8 Å². The number of aliphatic hydroxyl groups is 1. The maximum absolute atomic E-state index is 11.5. The molecule has 4 N–H and O–H groups in total.